The van der Waals surface area contributed by atoms with E-state index in [0.717, 1.165) is 179 Å². The van der Waals surface area contributed by atoms with Gasteiger partial charge in [0.05, 0.1) is 55.9 Å². The first kappa shape index (κ1) is 89.8. The van der Waals surface area contributed by atoms with Gasteiger partial charge in [0.2, 0.25) is 0 Å². The van der Waals surface area contributed by atoms with Gasteiger partial charge in [-0.15, -0.1) is 0 Å². The lowest BCUT2D eigenvalue weighted by Crippen LogP contribution is -2.61. The van der Waals surface area contributed by atoms with Crippen LogP contribution < -0.4 is 26.2 Å². The van der Waals surface area contributed by atoms with E-state index in [1.807, 2.05) is 0 Å². The summed E-state index contributed by atoms with van der Waals surface area (Å²) in [6.07, 6.45) is 0. The van der Waals surface area contributed by atoms with E-state index in [0.29, 0.717) is 5.92 Å². The summed E-state index contributed by atoms with van der Waals surface area (Å²) in [4.78, 5) is 17.6. The minimum atomic E-state index is -0.445. The molecule has 7 heterocycles. The third-order valence-corrected chi connectivity index (χ3v) is 30.1. The van der Waals surface area contributed by atoms with Gasteiger partial charge in [0.25, 0.3) is 6.71 Å². The Morgan fingerprint density at radius 3 is 1.06 bits per heavy atom. The van der Waals surface area contributed by atoms with Crippen molar-refractivity contribution in [2.45, 2.75) is 177 Å². The quantitative estimate of drug-likeness (QED) is 0.108. The zero-order chi connectivity index (χ0) is 97.6. The topological polar surface area (TPSA) is 47.1 Å². The van der Waals surface area contributed by atoms with Gasteiger partial charge in [0.1, 0.15) is 11.6 Å². The number of nitrogens with zero attached hydrogens (tertiary/aromatic N) is 7. The van der Waals surface area contributed by atoms with E-state index in [1.165, 1.54) is 71.3 Å². The number of hydrogen-bond donors (Lipinski definition) is 0. The molecule has 0 N–H and O–H groups in total. The number of fused-ring (bicyclic) bond motifs is 13. The van der Waals surface area contributed by atoms with Crippen molar-refractivity contribution in [3.8, 4) is 95.5 Å². The van der Waals surface area contributed by atoms with Gasteiger partial charge < -0.3 is 14.4 Å². The summed E-state index contributed by atoms with van der Waals surface area (Å²) in [6, 6.07) is 142. The Balaban J connectivity index is 0.868. The van der Waals surface area contributed by atoms with Crippen molar-refractivity contribution in [2.75, 3.05) is 9.80 Å². The van der Waals surface area contributed by atoms with Crippen LogP contribution in [0.3, 0.4) is 0 Å². The fraction of sp³-hybridized carbons (Fsp3) is 0.203. The van der Waals surface area contributed by atoms with Crippen LogP contribution in [0, 0.1) is 0 Å². The van der Waals surface area contributed by atoms with Crippen LogP contribution in [0.5, 0.6) is 0 Å². The molecule has 21 aromatic rings. The van der Waals surface area contributed by atoms with Crippen LogP contribution in [-0.2, 0) is 32.5 Å². The average molecular weight is 1830 g/mol. The summed E-state index contributed by atoms with van der Waals surface area (Å²) in [5.74, 6) is 2.00. The van der Waals surface area contributed by atoms with Gasteiger partial charge in [-0.3, -0.25) is 9.13 Å². The second kappa shape index (κ2) is 33.3. The summed E-state index contributed by atoms with van der Waals surface area (Å²) in [5.41, 5.74) is 40.6. The molecular formula is C133H122BN7. The van der Waals surface area contributed by atoms with Gasteiger partial charge in [-0.05, 0) is 282 Å². The summed E-state index contributed by atoms with van der Waals surface area (Å²) < 4.78 is 7.53. The van der Waals surface area contributed by atoms with Crippen LogP contribution in [-0.4, -0.2) is 30.4 Å². The minimum absolute atomic E-state index is 0.112. The molecule has 0 unspecified atom stereocenters. The van der Waals surface area contributed by atoms with E-state index >= 15 is 0 Å². The fourth-order valence-corrected chi connectivity index (χ4v) is 22.1. The lowest BCUT2D eigenvalue weighted by Gasteiger charge is -2.45. The Kier molecular flexibility index (Phi) is 21.2. The van der Waals surface area contributed by atoms with Crippen molar-refractivity contribution >= 4 is 123 Å². The second-order valence-corrected chi connectivity index (χ2v) is 46.2. The molecule has 0 saturated heterocycles. The lowest BCUT2D eigenvalue weighted by molar-refractivity contribution is 0.590. The Hall–Kier alpha value is -15.1. The third kappa shape index (κ3) is 15.8. The van der Waals surface area contributed by atoms with Crippen molar-refractivity contribution in [1.29, 1.82) is 0 Å². The lowest BCUT2D eigenvalue weighted by atomic mass is 9.33. The third-order valence-electron chi connectivity index (χ3n) is 30.1. The van der Waals surface area contributed by atoms with E-state index in [-0.39, 0.29) is 32.5 Å². The smallest absolute Gasteiger partial charge is 0.252 e. The van der Waals surface area contributed by atoms with E-state index in [1.54, 1.807) is 0 Å². The maximum absolute atomic E-state index is 6.23. The maximum atomic E-state index is 6.23. The molecule has 2 aliphatic heterocycles. The zero-order valence-electron chi connectivity index (χ0n) is 85.0. The monoisotopic (exact) mass is 1830 g/mol. The average Bonchev–Trinajstić information content (AvgIpc) is 1.67. The van der Waals surface area contributed by atoms with Crippen LogP contribution in [0.15, 0.2) is 370 Å². The Morgan fingerprint density at radius 1 is 0.220 bits per heavy atom. The molecule has 8 heteroatoms. The number of benzene rings is 16. The zero-order valence-corrected chi connectivity index (χ0v) is 85.0. The molecule has 0 amide bonds. The summed E-state index contributed by atoms with van der Waals surface area (Å²) in [7, 11) is 0. The van der Waals surface area contributed by atoms with Crippen molar-refractivity contribution in [2.24, 2.45) is 0 Å². The highest BCUT2D eigenvalue weighted by molar-refractivity contribution is 7.00. The maximum Gasteiger partial charge on any atom is 0.252 e. The molecular weight excluding hydrogens is 1710 g/mol. The van der Waals surface area contributed by atoms with Crippen LogP contribution in [0.25, 0.3) is 161 Å². The van der Waals surface area contributed by atoms with E-state index < -0.39 is 6.71 Å². The van der Waals surface area contributed by atoms with Gasteiger partial charge in [-0.1, -0.05) is 381 Å². The predicted octanol–water partition coefficient (Wildman–Crippen LogP) is 34.4. The highest BCUT2D eigenvalue weighted by atomic mass is 15.2. The number of hydrogen-bond acceptors (Lipinski definition) is 4. The molecule has 692 valence electrons. The highest BCUT2D eigenvalue weighted by Crippen LogP contribution is 2.53. The van der Waals surface area contributed by atoms with E-state index in [9.17, 15) is 0 Å². The van der Waals surface area contributed by atoms with Gasteiger partial charge in [0.15, 0.2) is 0 Å². The van der Waals surface area contributed by atoms with Crippen molar-refractivity contribution in [3.63, 3.8) is 0 Å². The number of pyridine rings is 2. The van der Waals surface area contributed by atoms with Crippen LogP contribution >= 0.6 is 0 Å². The largest absolute Gasteiger partial charge is 0.311 e. The highest BCUT2D eigenvalue weighted by Gasteiger charge is 2.46. The molecule has 0 bridgehead atoms. The molecule has 16 aromatic carbocycles. The Labute approximate surface area is 831 Å². The molecule has 2 aliphatic rings. The van der Waals surface area contributed by atoms with Gasteiger partial charge in [0, 0.05) is 66.3 Å². The van der Waals surface area contributed by atoms with Gasteiger partial charge in [-0.25, -0.2) is 9.97 Å². The van der Waals surface area contributed by atoms with Crippen LogP contribution in [0.1, 0.15) is 183 Å². The summed E-state index contributed by atoms with van der Waals surface area (Å²) in [5, 5.41) is 7.24. The van der Waals surface area contributed by atoms with Crippen molar-refractivity contribution in [3.05, 3.63) is 409 Å². The van der Waals surface area contributed by atoms with Gasteiger partial charge in [-0.2, -0.15) is 0 Å². The molecule has 0 atom stereocenters. The van der Waals surface area contributed by atoms with Crippen molar-refractivity contribution < 1.29 is 0 Å². The number of aromatic nitrogens is 5. The Bertz CT molecular complexity index is 8350. The van der Waals surface area contributed by atoms with Crippen molar-refractivity contribution in [1.82, 2.24) is 23.7 Å². The predicted molar refractivity (Wildman–Crippen MR) is 603 cm³/mol. The normalized spacial score (nSPS) is 13.1. The molecule has 23 rings (SSSR count). The molecule has 0 saturated carbocycles. The molecule has 7 nitrogen and oxygen atoms in total. The summed E-state index contributed by atoms with van der Waals surface area (Å²) >= 11 is 0. The molecule has 0 spiro atoms. The molecule has 0 radical (unpaired) electrons. The number of rotatable bonds is 13. The standard InChI is InChI=1S/C133H122BN7/c1-82(2)87-43-33-44-88(65-87)94-72-113(136-126(73-94)141-121-78-99(132(15,16)17)52-58-105(121)106-59-53-100(79-122(106)141)133(18,19)20)91-49-61-117-110(71-91)134-111-70-90(112-45-34-46-125(135-112)140-119-76-97(130(9,10)11)50-56-103(119)104-57-51-98(77-120(104)140)131(12,13)14)48-62-118(111)139(114-60-47-89(83-35-25-21-26-36-83)69-107(114)86-41-31-24-32-42-86)124-81-102(137-115-63-54-95(128(3,4)5)74-108(115)109-75-96(129(6,7)8)55-64-116(109)137)80-123(127(124)134)138(117)101-67-92(84-37-27-22-28-38-84)66-93(68-101)85-39-29-23-30-40-85/h21-82H,1-20H3. The minimum Gasteiger partial charge on any atom is -0.311 e. The molecule has 0 fully saturated rings. The van der Waals surface area contributed by atoms with E-state index in [4.69, 9.17) is 9.97 Å². The Morgan fingerprint density at radius 2 is 0.596 bits per heavy atom. The molecule has 5 aromatic heterocycles. The van der Waals surface area contributed by atoms with E-state index in [2.05, 4.69) is 532 Å². The second-order valence-electron chi connectivity index (χ2n) is 46.2. The first-order chi connectivity index (χ1) is 67.5. The van der Waals surface area contributed by atoms with Crippen LogP contribution in [0.2, 0.25) is 0 Å². The fourth-order valence-electron chi connectivity index (χ4n) is 22.1. The SMILES string of the molecule is CC(C)c1cccc(-c2cc(-c3ccc4c(c3)B3c5cc(-c6cccc(-n7c8cc(C(C)(C)C)ccc8c8ccc(C(C)(C)C)cc87)n6)ccc5N(c5ccc(-c6ccccc6)cc5-c5ccccc5)c5cc(-n6c7ccc(C(C)(C)C)cc7c7cc(C(C)(C)C)ccc76)cc(c53)N4c3cc(-c4ccccc4)cc(-c4ccccc4)c3)nc(-n3c4cc(C(C)(C)C)ccc4c4ccc(C(C)(C)C)cc43)c2)c1. The first-order valence-corrected chi connectivity index (χ1v) is 50.4. The molecule has 141 heavy (non-hydrogen) atoms. The van der Waals surface area contributed by atoms with Gasteiger partial charge >= 0.3 is 0 Å². The van der Waals surface area contributed by atoms with Crippen LogP contribution in [0.4, 0.5) is 34.1 Å². The number of anilines is 6. The summed E-state index contributed by atoms with van der Waals surface area (Å²) in [6.45, 7) is 46.1. The molecule has 0 aliphatic carbocycles. The first-order valence-electron chi connectivity index (χ1n) is 50.4.